The van der Waals surface area contributed by atoms with Gasteiger partial charge in [0, 0.05) is 37.7 Å². The molecular formula is C19H16F2N4O2. The Bertz CT molecular complexity index is 1020. The van der Waals surface area contributed by atoms with Crippen molar-refractivity contribution >= 4 is 16.8 Å². The number of aromatic hydroxyl groups is 1. The van der Waals surface area contributed by atoms with E-state index >= 15 is 0 Å². The van der Waals surface area contributed by atoms with Gasteiger partial charge in [-0.2, -0.15) is 0 Å². The highest BCUT2D eigenvalue weighted by Gasteiger charge is 2.43. The lowest BCUT2D eigenvalue weighted by molar-refractivity contribution is -0.00991. The number of phenols is 1. The third-order valence-corrected chi connectivity index (χ3v) is 4.55. The minimum Gasteiger partial charge on any atom is -0.507 e. The highest BCUT2D eigenvalue weighted by Crippen LogP contribution is 2.40. The Morgan fingerprint density at radius 2 is 2.07 bits per heavy atom. The molecule has 1 aromatic carbocycles. The van der Waals surface area contributed by atoms with Crippen molar-refractivity contribution in [2.45, 2.75) is 24.9 Å². The van der Waals surface area contributed by atoms with Gasteiger partial charge in [-0.05, 0) is 35.2 Å². The van der Waals surface area contributed by atoms with Crippen molar-refractivity contribution in [1.29, 1.82) is 0 Å². The molecule has 0 saturated heterocycles. The van der Waals surface area contributed by atoms with Gasteiger partial charge in [0.2, 0.25) is 0 Å². The summed E-state index contributed by atoms with van der Waals surface area (Å²) in [6.45, 7) is 0. The molecule has 2 heterocycles. The van der Waals surface area contributed by atoms with Gasteiger partial charge < -0.3 is 9.84 Å². The third-order valence-electron chi connectivity index (χ3n) is 4.55. The molecule has 1 aliphatic rings. The van der Waals surface area contributed by atoms with E-state index in [2.05, 4.69) is 20.2 Å². The van der Waals surface area contributed by atoms with Crippen molar-refractivity contribution in [2.75, 3.05) is 7.11 Å². The molecule has 1 aliphatic carbocycles. The zero-order valence-corrected chi connectivity index (χ0v) is 14.4. The highest BCUT2D eigenvalue weighted by atomic mass is 19.3. The Balaban J connectivity index is 1.65. The van der Waals surface area contributed by atoms with Crippen LogP contribution in [0.25, 0.3) is 28.2 Å². The zero-order chi connectivity index (χ0) is 19.0. The molecule has 0 amide bonds. The first-order chi connectivity index (χ1) is 12.9. The topological polar surface area (TPSA) is 81.0 Å². The number of methoxy groups -OCH3 is 1. The summed E-state index contributed by atoms with van der Waals surface area (Å²) < 4.78 is 32.3. The van der Waals surface area contributed by atoms with E-state index < -0.39 is 12.0 Å². The van der Waals surface area contributed by atoms with E-state index in [-0.39, 0.29) is 24.4 Å². The number of hydrogen-bond acceptors (Lipinski definition) is 6. The minimum atomic E-state index is -2.78. The summed E-state index contributed by atoms with van der Waals surface area (Å²) >= 11 is 0. The van der Waals surface area contributed by atoms with Gasteiger partial charge in [-0.15, -0.1) is 10.2 Å². The molecule has 1 atom stereocenters. The third kappa shape index (κ3) is 3.48. The van der Waals surface area contributed by atoms with E-state index in [9.17, 15) is 13.9 Å². The molecule has 0 spiro atoms. The number of nitrogens with zero attached hydrogens (tertiary/aromatic N) is 4. The number of aromatic nitrogens is 4. The van der Waals surface area contributed by atoms with Crippen molar-refractivity contribution in [3.63, 3.8) is 0 Å². The fourth-order valence-corrected chi connectivity index (χ4v) is 3.23. The van der Waals surface area contributed by atoms with Crippen LogP contribution in [-0.2, 0) is 4.74 Å². The average Bonchev–Trinajstić information content (AvgIpc) is 2.95. The Labute approximate surface area is 153 Å². The molecule has 0 radical (unpaired) electrons. The van der Waals surface area contributed by atoms with E-state index in [0.29, 0.717) is 16.8 Å². The second-order valence-corrected chi connectivity index (χ2v) is 6.48. The maximum Gasteiger partial charge on any atom is 0.254 e. The van der Waals surface area contributed by atoms with Gasteiger partial charge in [-0.25, -0.2) is 13.8 Å². The Morgan fingerprint density at radius 3 is 2.81 bits per heavy atom. The number of alkyl halides is 2. The molecule has 4 rings (SSSR count). The first-order valence-corrected chi connectivity index (χ1v) is 8.33. The van der Waals surface area contributed by atoms with Crippen molar-refractivity contribution in [1.82, 2.24) is 20.2 Å². The smallest absolute Gasteiger partial charge is 0.254 e. The number of phenolic OH excluding ortho intramolecular Hbond substituents is 1. The summed E-state index contributed by atoms with van der Waals surface area (Å²) in [5, 5.41) is 20.0. The maximum atomic E-state index is 13.6. The van der Waals surface area contributed by atoms with Gasteiger partial charge in [0.05, 0.1) is 17.9 Å². The number of pyridine rings is 1. The predicted octanol–water partition coefficient (Wildman–Crippen LogP) is 3.62. The Hall–Kier alpha value is -3.00. The van der Waals surface area contributed by atoms with Crippen LogP contribution in [0.1, 0.15) is 18.5 Å². The molecule has 0 aliphatic heterocycles. The highest BCUT2D eigenvalue weighted by molar-refractivity contribution is 5.88. The van der Waals surface area contributed by atoms with Gasteiger partial charge in [-0.3, -0.25) is 4.98 Å². The lowest BCUT2D eigenvalue weighted by atomic mass is 10.1. The SMILES string of the molecule is CO[C@H]1CC(F)(F)C/C1=C/c1cnc(-c2cc3ccncc3cc2O)nn1. The second-order valence-electron chi connectivity index (χ2n) is 6.48. The van der Waals surface area contributed by atoms with Crippen LogP contribution in [0.2, 0.25) is 0 Å². The molecule has 2 aromatic heterocycles. The van der Waals surface area contributed by atoms with E-state index in [1.807, 2.05) is 6.07 Å². The normalized spacial score (nSPS) is 20.4. The zero-order valence-electron chi connectivity index (χ0n) is 14.4. The van der Waals surface area contributed by atoms with Crippen molar-refractivity contribution in [2.24, 2.45) is 0 Å². The van der Waals surface area contributed by atoms with Crippen molar-refractivity contribution < 1.29 is 18.6 Å². The molecule has 1 saturated carbocycles. The van der Waals surface area contributed by atoms with E-state index in [0.717, 1.165) is 10.8 Å². The number of ether oxygens (including phenoxy) is 1. The first-order valence-electron chi connectivity index (χ1n) is 8.33. The molecule has 6 nitrogen and oxygen atoms in total. The second kappa shape index (κ2) is 6.62. The summed E-state index contributed by atoms with van der Waals surface area (Å²) in [6, 6.07) is 5.15. The number of hydrogen-bond donors (Lipinski definition) is 1. The fourth-order valence-electron chi connectivity index (χ4n) is 3.23. The standard InChI is InChI=1S/C19H16F2N4O2/c1-27-17-8-19(20,21)7-12(17)4-14-10-23-18(25-24-14)15-5-11-2-3-22-9-13(11)6-16(15)26/h2-6,9-10,17,26H,7-8H2,1H3/b12-4-/t17-/m0/s1. The van der Waals surface area contributed by atoms with E-state index in [1.54, 1.807) is 24.5 Å². The van der Waals surface area contributed by atoms with E-state index in [1.165, 1.54) is 19.4 Å². The quantitative estimate of drug-likeness (QED) is 0.758. The van der Waals surface area contributed by atoms with Crippen LogP contribution in [-0.4, -0.2) is 44.4 Å². The van der Waals surface area contributed by atoms with Gasteiger partial charge in [-0.1, -0.05) is 0 Å². The minimum absolute atomic E-state index is 0.0123. The molecular weight excluding hydrogens is 354 g/mol. The van der Waals surface area contributed by atoms with Crippen LogP contribution in [0.5, 0.6) is 5.75 Å². The van der Waals surface area contributed by atoms with Gasteiger partial charge in [0.1, 0.15) is 11.4 Å². The van der Waals surface area contributed by atoms with Crippen molar-refractivity contribution in [3.8, 4) is 17.1 Å². The van der Waals surface area contributed by atoms with Crippen LogP contribution >= 0.6 is 0 Å². The summed E-state index contributed by atoms with van der Waals surface area (Å²) in [7, 11) is 1.41. The van der Waals surface area contributed by atoms with Crippen LogP contribution in [0.4, 0.5) is 8.78 Å². The maximum absolute atomic E-state index is 13.6. The van der Waals surface area contributed by atoms with Crippen molar-refractivity contribution in [3.05, 3.63) is 48.1 Å². The number of benzene rings is 1. The molecule has 1 fully saturated rings. The van der Waals surface area contributed by atoms with Crippen LogP contribution < -0.4 is 0 Å². The average molecular weight is 370 g/mol. The first kappa shape index (κ1) is 17.4. The lowest BCUT2D eigenvalue weighted by Crippen LogP contribution is -2.13. The lowest BCUT2D eigenvalue weighted by Gasteiger charge is -2.09. The Morgan fingerprint density at radius 1 is 1.22 bits per heavy atom. The molecule has 0 bridgehead atoms. The van der Waals surface area contributed by atoms with Crippen LogP contribution in [0, 0.1) is 0 Å². The monoisotopic (exact) mass is 370 g/mol. The van der Waals surface area contributed by atoms with E-state index in [4.69, 9.17) is 4.74 Å². The summed E-state index contributed by atoms with van der Waals surface area (Å²) in [6.07, 6.45) is 4.93. The molecule has 8 heteroatoms. The number of rotatable bonds is 3. The van der Waals surface area contributed by atoms with Gasteiger partial charge in [0.25, 0.3) is 5.92 Å². The predicted molar refractivity (Wildman–Crippen MR) is 95.2 cm³/mol. The Kier molecular flexibility index (Phi) is 4.27. The van der Waals surface area contributed by atoms with Gasteiger partial charge in [0.15, 0.2) is 5.82 Å². The molecule has 27 heavy (non-hydrogen) atoms. The number of halogens is 2. The van der Waals surface area contributed by atoms with Crippen LogP contribution in [0.3, 0.4) is 0 Å². The summed E-state index contributed by atoms with van der Waals surface area (Å²) in [5.41, 5.74) is 1.26. The molecule has 0 unspecified atom stereocenters. The van der Waals surface area contributed by atoms with Gasteiger partial charge >= 0.3 is 0 Å². The molecule has 3 aromatic rings. The largest absolute Gasteiger partial charge is 0.507 e. The number of fused-ring (bicyclic) bond motifs is 1. The van der Waals surface area contributed by atoms with Crippen LogP contribution in [0.15, 0.2) is 42.4 Å². The fraction of sp³-hybridized carbons (Fsp3) is 0.263. The summed E-state index contributed by atoms with van der Waals surface area (Å²) in [4.78, 5) is 8.24. The summed E-state index contributed by atoms with van der Waals surface area (Å²) in [5.74, 6) is -2.52. The molecule has 1 N–H and O–H groups in total. The molecule has 138 valence electrons.